The fourth-order valence-corrected chi connectivity index (χ4v) is 1.91. The zero-order valence-corrected chi connectivity index (χ0v) is 9.86. The molecule has 1 fully saturated rings. The van der Waals surface area contributed by atoms with E-state index in [4.69, 9.17) is 5.11 Å². The van der Waals surface area contributed by atoms with Crippen molar-refractivity contribution in [2.45, 2.75) is 32.7 Å². The highest BCUT2D eigenvalue weighted by Gasteiger charge is 2.35. The van der Waals surface area contributed by atoms with Gasteiger partial charge in [0.25, 0.3) is 5.91 Å². The highest BCUT2D eigenvalue weighted by atomic mass is 16.4. The van der Waals surface area contributed by atoms with Crippen LogP contribution in [-0.2, 0) is 4.79 Å². The van der Waals surface area contributed by atoms with Gasteiger partial charge < -0.3 is 10.0 Å². The van der Waals surface area contributed by atoms with Crippen molar-refractivity contribution < 1.29 is 14.7 Å². The van der Waals surface area contributed by atoms with Gasteiger partial charge in [0.1, 0.15) is 6.54 Å². The minimum absolute atomic E-state index is 0.0762. The maximum Gasteiger partial charge on any atom is 0.323 e. The molecule has 17 heavy (non-hydrogen) atoms. The molecule has 6 heteroatoms. The molecule has 2 N–H and O–H groups in total. The van der Waals surface area contributed by atoms with E-state index in [2.05, 4.69) is 10.2 Å². The van der Waals surface area contributed by atoms with Gasteiger partial charge in [-0.1, -0.05) is 0 Å². The van der Waals surface area contributed by atoms with E-state index in [1.165, 1.54) is 4.90 Å². The summed E-state index contributed by atoms with van der Waals surface area (Å²) in [5.74, 6) is -1.22. The average molecular weight is 237 g/mol. The second kappa shape index (κ2) is 4.20. The Morgan fingerprint density at radius 3 is 2.53 bits per heavy atom. The van der Waals surface area contributed by atoms with Gasteiger partial charge in [-0.05, 0) is 26.7 Å². The highest BCUT2D eigenvalue weighted by Crippen LogP contribution is 2.28. The van der Waals surface area contributed by atoms with Crippen molar-refractivity contribution in [2.75, 3.05) is 6.54 Å². The number of aromatic amines is 1. The van der Waals surface area contributed by atoms with Crippen molar-refractivity contribution in [3.63, 3.8) is 0 Å². The van der Waals surface area contributed by atoms with E-state index in [0.717, 1.165) is 12.8 Å². The molecule has 1 aromatic heterocycles. The molecule has 1 amide bonds. The summed E-state index contributed by atoms with van der Waals surface area (Å²) < 4.78 is 0. The van der Waals surface area contributed by atoms with Crippen LogP contribution in [-0.4, -0.2) is 44.7 Å². The second-order valence-corrected chi connectivity index (χ2v) is 4.37. The molecule has 0 aliphatic heterocycles. The number of carbonyl (C=O) groups is 2. The first-order valence-corrected chi connectivity index (χ1v) is 5.55. The van der Waals surface area contributed by atoms with Crippen LogP contribution in [0.4, 0.5) is 0 Å². The predicted octanol–water partition coefficient (Wildman–Crippen LogP) is 0.716. The van der Waals surface area contributed by atoms with Gasteiger partial charge in [-0.15, -0.1) is 0 Å². The number of hydrogen-bond donors (Lipinski definition) is 2. The van der Waals surface area contributed by atoms with Gasteiger partial charge in [0.05, 0.1) is 11.3 Å². The Labute approximate surface area is 98.6 Å². The Hall–Kier alpha value is -1.85. The number of carboxylic acid groups (broad SMARTS) is 1. The number of amides is 1. The van der Waals surface area contributed by atoms with Crippen molar-refractivity contribution in [3.8, 4) is 0 Å². The van der Waals surface area contributed by atoms with Gasteiger partial charge in [0.2, 0.25) is 0 Å². The first-order valence-electron chi connectivity index (χ1n) is 5.55. The molecular formula is C11H15N3O3. The normalized spacial score (nSPS) is 14.7. The molecule has 0 radical (unpaired) electrons. The molecule has 1 aliphatic rings. The molecule has 0 spiro atoms. The van der Waals surface area contributed by atoms with Gasteiger partial charge >= 0.3 is 5.97 Å². The zero-order chi connectivity index (χ0) is 12.6. The predicted molar refractivity (Wildman–Crippen MR) is 59.8 cm³/mol. The lowest BCUT2D eigenvalue weighted by Gasteiger charge is -2.20. The number of aryl methyl sites for hydroxylation is 2. The van der Waals surface area contributed by atoms with Crippen molar-refractivity contribution in [2.24, 2.45) is 0 Å². The largest absolute Gasteiger partial charge is 0.480 e. The number of nitrogens with one attached hydrogen (secondary N) is 1. The number of hydrogen-bond acceptors (Lipinski definition) is 3. The van der Waals surface area contributed by atoms with Gasteiger partial charge in [-0.25, -0.2) is 0 Å². The maximum absolute atomic E-state index is 12.3. The van der Waals surface area contributed by atoms with Gasteiger partial charge in [0.15, 0.2) is 0 Å². The fourth-order valence-electron chi connectivity index (χ4n) is 1.91. The number of H-pyrrole nitrogens is 1. The summed E-state index contributed by atoms with van der Waals surface area (Å²) in [7, 11) is 0. The van der Waals surface area contributed by atoms with Crippen LogP contribution in [0.5, 0.6) is 0 Å². The molecule has 2 rings (SSSR count). The maximum atomic E-state index is 12.3. The number of rotatable bonds is 4. The Morgan fingerprint density at radius 2 is 2.12 bits per heavy atom. The van der Waals surface area contributed by atoms with E-state index < -0.39 is 5.97 Å². The smallest absolute Gasteiger partial charge is 0.323 e. The summed E-state index contributed by atoms with van der Waals surface area (Å²) in [5, 5.41) is 15.5. The van der Waals surface area contributed by atoms with Crippen LogP contribution in [0.2, 0.25) is 0 Å². The summed E-state index contributed by atoms with van der Waals surface area (Å²) in [6.07, 6.45) is 1.77. The molecule has 0 aromatic carbocycles. The Bertz CT molecular complexity index is 443. The van der Waals surface area contributed by atoms with Crippen LogP contribution in [0.25, 0.3) is 0 Å². The van der Waals surface area contributed by atoms with Crippen molar-refractivity contribution >= 4 is 11.9 Å². The number of aliphatic carboxylic acids is 1. The molecule has 1 heterocycles. The number of aromatic nitrogens is 2. The number of carbonyl (C=O) groups excluding carboxylic acids is 1. The van der Waals surface area contributed by atoms with Crippen molar-refractivity contribution in [1.82, 2.24) is 15.1 Å². The minimum atomic E-state index is -0.982. The van der Waals surface area contributed by atoms with Crippen LogP contribution in [0.15, 0.2) is 0 Å². The lowest BCUT2D eigenvalue weighted by molar-refractivity contribution is -0.137. The number of carboxylic acids is 1. The van der Waals surface area contributed by atoms with Gasteiger partial charge in [-0.3, -0.25) is 14.7 Å². The molecule has 1 saturated carbocycles. The van der Waals surface area contributed by atoms with E-state index in [-0.39, 0.29) is 18.5 Å². The summed E-state index contributed by atoms with van der Waals surface area (Å²) in [6.45, 7) is 3.26. The summed E-state index contributed by atoms with van der Waals surface area (Å²) >= 11 is 0. The summed E-state index contributed by atoms with van der Waals surface area (Å²) in [6, 6.07) is 0.0762. The standard InChI is InChI=1S/C11H15N3O3/c1-6-10(7(2)13-12-6)11(17)14(5-9(15)16)8-3-4-8/h8H,3-5H2,1-2H3,(H,12,13)(H,15,16). The lowest BCUT2D eigenvalue weighted by Crippen LogP contribution is -2.37. The molecule has 0 saturated heterocycles. The molecule has 0 atom stereocenters. The fraction of sp³-hybridized carbons (Fsp3) is 0.545. The van der Waals surface area contributed by atoms with E-state index in [1.54, 1.807) is 13.8 Å². The monoisotopic (exact) mass is 237 g/mol. The van der Waals surface area contributed by atoms with Crippen LogP contribution in [0.3, 0.4) is 0 Å². The van der Waals surface area contributed by atoms with Crippen LogP contribution in [0, 0.1) is 13.8 Å². The van der Waals surface area contributed by atoms with Crippen LogP contribution in [0.1, 0.15) is 34.6 Å². The Morgan fingerprint density at radius 1 is 1.47 bits per heavy atom. The highest BCUT2D eigenvalue weighted by molar-refractivity contribution is 5.98. The Kier molecular flexibility index (Phi) is 2.87. The number of nitrogens with zero attached hydrogens (tertiary/aromatic N) is 2. The van der Waals surface area contributed by atoms with Crippen LogP contribution < -0.4 is 0 Å². The van der Waals surface area contributed by atoms with Crippen molar-refractivity contribution in [1.29, 1.82) is 0 Å². The topological polar surface area (TPSA) is 86.3 Å². The van der Waals surface area contributed by atoms with Gasteiger partial charge in [-0.2, -0.15) is 5.10 Å². The van der Waals surface area contributed by atoms with E-state index in [9.17, 15) is 9.59 Å². The third kappa shape index (κ3) is 2.30. The quantitative estimate of drug-likeness (QED) is 0.807. The van der Waals surface area contributed by atoms with Crippen molar-refractivity contribution in [3.05, 3.63) is 17.0 Å². The van der Waals surface area contributed by atoms with Crippen LogP contribution >= 0.6 is 0 Å². The molecule has 0 unspecified atom stereocenters. The molecule has 92 valence electrons. The molecular weight excluding hydrogens is 222 g/mol. The lowest BCUT2D eigenvalue weighted by atomic mass is 10.1. The third-order valence-corrected chi connectivity index (χ3v) is 2.90. The molecule has 1 aromatic rings. The van der Waals surface area contributed by atoms with Gasteiger partial charge in [0, 0.05) is 11.7 Å². The average Bonchev–Trinajstić information content (AvgIpc) is 3.02. The molecule has 6 nitrogen and oxygen atoms in total. The Balaban J connectivity index is 2.24. The van der Waals surface area contributed by atoms with E-state index in [0.29, 0.717) is 17.0 Å². The van der Waals surface area contributed by atoms with E-state index >= 15 is 0 Å². The summed E-state index contributed by atoms with van der Waals surface area (Å²) in [5.41, 5.74) is 1.80. The first kappa shape index (κ1) is 11.6. The van der Waals surface area contributed by atoms with E-state index in [1.807, 2.05) is 0 Å². The minimum Gasteiger partial charge on any atom is -0.480 e. The first-order chi connectivity index (χ1) is 8.00. The second-order valence-electron chi connectivity index (χ2n) is 4.37. The third-order valence-electron chi connectivity index (χ3n) is 2.90. The SMILES string of the molecule is Cc1n[nH]c(C)c1C(=O)N(CC(=O)O)C1CC1. The molecule has 1 aliphatic carbocycles. The zero-order valence-electron chi connectivity index (χ0n) is 9.86. The molecule has 0 bridgehead atoms. The summed E-state index contributed by atoms with van der Waals surface area (Å²) in [4.78, 5) is 24.5.